The van der Waals surface area contributed by atoms with Crippen molar-refractivity contribution in [2.45, 2.75) is 74.7 Å². The van der Waals surface area contributed by atoms with Crippen molar-refractivity contribution in [3.8, 4) is 0 Å². The van der Waals surface area contributed by atoms with Gasteiger partial charge in [0.1, 0.15) is 11.3 Å². The molecule has 0 aromatic carbocycles. The predicted octanol–water partition coefficient (Wildman–Crippen LogP) is 5.23. The first-order chi connectivity index (χ1) is 13.2. The van der Waals surface area contributed by atoms with Crippen LogP contribution in [0.1, 0.15) is 74.7 Å². The highest BCUT2D eigenvalue weighted by Crippen LogP contribution is 2.72. The molecule has 1 spiro atoms. The number of aliphatic hydroxyl groups is 1. The summed E-state index contributed by atoms with van der Waals surface area (Å²) in [6, 6.07) is 0. The number of hydrogen-bond acceptors (Lipinski definition) is 4. The van der Waals surface area contributed by atoms with Crippen LogP contribution in [0.4, 0.5) is 0 Å². The highest BCUT2D eigenvalue weighted by molar-refractivity contribution is 6.32. The molecule has 0 aliphatic heterocycles. The van der Waals surface area contributed by atoms with Crippen molar-refractivity contribution >= 4 is 17.3 Å². The Hall–Kier alpha value is -1.71. The highest BCUT2D eigenvalue weighted by atomic mass is 16.3. The zero-order valence-electron chi connectivity index (χ0n) is 19.2. The topological polar surface area (TPSA) is 71.4 Å². The van der Waals surface area contributed by atoms with Crippen LogP contribution >= 0.6 is 0 Å². The monoisotopic (exact) mass is 400 g/mol. The summed E-state index contributed by atoms with van der Waals surface area (Å²) in [7, 11) is 0. The molecule has 0 heterocycles. The Kier molecular flexibility index (Phi) is 5.04. The molecule has 0 amide bonds. The first-order valence-electron chi connectivity index (χ1n) is 11.0. The highest BCUT2D eigenvalue weighted by Gasteiger charge is 2.77. The minimum absolute atomic E-state index is 0.0931. The van der Waals surface area contributed by atoms with Gasteiger partial charge >= 0.3 is 0 Å². The van der Waals surface area contributed by atoms with Crippen molar-refractivity contribution in [2.75, 3.05) is 0 Å². The average Bonchev–Trinajstić information content (AvgIpc) is 2.97. The van der Waals surface area contributed by atoms with Gasteiger partial charge in [0.15, 0.2) is 17.3 Å². The van der Waals surface area contributed by atoms with Crippen LogP contribution in [0.5, 0.6) is 0 Å². The number of ketones is 3. The largest absolute Gasteiger partial charge is 0.510 e. The number of carbonyl (C=O) groups excluding carboxylic acids is 3. The SMILES string of the molecule is CC(C)=CCC12C[C@H]3C(C)(C)C(C(C)C)C[C@@]3(C(=O)C(C(=O)C(C)C)=C1O)C2=O. The molecule has 4 nitrogen and oxygen atoms in total. The number of aliphatic hydroxyl groups excluding tert-OH is 1. The maximum atomic E-state index is 14.0. The molecule has 3 rings (SSSR count). The van der Waals surface area contributed by atoms with Gasteiger partial charge in [0.25, 0.3) is 0 Å². The third-order valence-electron chi connectivity index (χ3n) is 8.14. The van der Waals surface area contributed by atoms with E-state index in [-0.39, 0.29) is 40.1 Å². The van der Waals surface area contributed by atoms with Crippen molar-refractivity contribution in [2.24, 2.45) is 39.9 Å². The van der Waals surface area contributed by atoms with E-state index in [1.807, 2.05) is 19.9 Å². The third kappa shape index (κ3) is 2.67. The fourth-order valence-electron chi connectivity index (χ4n) is 6.59. The summed E-state index contributed by atoms with van der Waals surface area (Å²) in [6.07, 6.45) is 3.24. The molecule has 29 heavy (non-hydrogen) atoms. The smallest absolute Gasteiger partial charge is 0.183 e. The summed E-state index contributed by atoms with van der Waals surface area (Å²) in [5, 5.41) is 11.3. The van der Waals surface area contributed by atoms with Gasteiger partial charge in [-0.25, -0.2) is 0 Å². The minimum atomic E-state index is -1.17. The van der Waals surface area contributed by atoms with E-state index in [1.165, 1.54) is 0 Å². The predicted molar refractivity (Wildman–Crippen MR) is 113 cm³/mol. The fraction of sp³-hybridized carbons (Fsp3) is 0.720. The molecule has 2 unspecified atom stereocenters. The lowest BCUT2D eigenvalue weighted by molar-refractivity contribution is -0.145. The number of rotatable bonds is 5. The third-order valence-corrected chi connectivity index (χ3v) is 8.14. The van der Waals surface area contributed by atoms with Crippen LogP contribution < -0.4 is 0 Å². The second-order valence-corrected chi connectivity index (χ2v) is 11.1. The van der Waals surface area contributed by atoms with Crippen molar-refractivity contribution in [3.05, 3.63) is 23.0 Å². The lowest BCUT2D eigenvalue weighted by Gasteiger charge is -2.38. The number of carbonyl (C=O) groups is 3. The van der Waals surface area contributed by atoms with Crippen molar-refractivity contribution in [1.29, 1.82) is 0 Å². The molecule has 0 aromatic rings. The van der Waals surface area contributed by atoms with Gasteiger partial charge in [0.2, 0.25) is 0 Å². The Balaban J connectivity index is 2.29. The fourth-order valence-corrected chi connectivity index (χ4v) is 6.59. The molecule has 1 N–H and O–H groups in total. The number of hydrogen-bond donors (Lipinski definition) is 1. The Morgan fingerprint density at radius 2 is 1.72 bits per heavy atom. The quantitative estimate of drug-likeness (QED) is 0.390. The standard InChI is InChI=1S/C25H36O4/c1-13(2)9-10-24-12-17-23(7,8)16(14(3)4)11-25(17,22(24)29)21(28)18(20(24)27)19(26)15(5)6/h9,14-17,27H,10-12H2,1-8H3/t16?,17-,24?,25+/m0/s1. The van der Waals surface area contributed by atoms with E-state index in [0.29, 0.717) is 25.2 Å². The molecule has 0 aromatic heterocycles. The van der Waals surface area contributed by atoms with Crippen LogP contribution in [0.25, 0.3) is 0 Å². The van der Waals surface area contributed by atoms with Gasteiger partial charge in [-0.1, -0.05) is 53.2 Å². The van der Waals surface area contributed by atoms with Gasteiger partial charge in [-0.05, 0) is 56.3 Å². The zero-order chi connectivity index (χ0) is 22.1. The Bertz CT molecular complexity index is 837. The summed E-state index contributed by atoms with van der Waals surface area (Å²) in [6.45, 7) is 16.0. The van der Waals surface area contributed by atoms with Crippen LogP contribution in [-0.2, 0) is 14.4 Å². The summed E-state index contributed by atoms with van der Waals surface area (Å²) in [4.78, 5) is 40.8. The van der Waals surface area contributed by atoms with E-state index in [4.69, 9.17) is 0 Å². The molecule has 2 fully saturated rings. The van der Waals surface area contributed by atoms with E-state index in [0.717, 1.165) is 5.57 Å². The molecule has 160 valence electrons. The van der Waals surface area contributed by atoms with Gasteiger partial charge in [-0.15, -0.1) is 0 Å². The summed E-state index contributed by atoms with van der Waals surface area (Å²) in [5.41, 5.74) is -1.57. The molecule has 0 radical (unpaired) electrons. The molecule has 2 bridgehead atoms. The first-order valence-corrected chi connectivity index (χ1v) is 11.0. The molecule has 3 aliphatic carbocycles. The van der Waals surface area contributed by atoms with Gasteiger partial charge in [-0.3, -0.25) is 14.4 Å². The summed E-state index contributed by atoms with van der Waals surface area (Å²) >= 11 is 0. The zero-order valence-corrected chi connectivity index (χ0v) is 19.2. The Labute approximate surface area is 174 Å². The summed E-state index contributed by atoms with van der Waals surface area (Å²) < 4.78 is 0. The van der Waals surface area contributed by atoms with Crippen LogP contribution in [0.15, 0.2) is 23.0 Å². The Morgan fingerprint density at radius 3 is 2.21 bits per heavy atom. The minimum Gasteiger partial charge on any atom is -0.510 e. The van der Waals surface area contributed by atoms with E-state index >= 15 is 0 Å². The molecule has 0 saturated heterocycles. The van der Waals surface area contributed by atoms with Gasteiger partial charge in [0, 0.05) is 5.92 Å². The van der Waals surface area contributed by atoms with Crippen LogP contribution in [0.3, 0.4) is 0 Å². The maximum absolute atomic E-state index is 14.0. The first kappa shape index (κ1) is 22.0. The molecule has 4 atom stereocenters. The van der Waals surface area contributed by atoms with Gasteiger partial charge in [0.05, 0.1) is 10.8 Å². The number of allylic oxidation sites excluding steroid dienone is 4. The normalized spacial score (nSPS) is 35.5. The molecule has 2 saturated carbocycles. The van der Waals surface area contributed by atoms with Gasteiger partial charge < -0.3 is 5.11 Å². The molecular formula is C25H36O4. The van der Waals surface area contributed by atoms with E-state index in [9.17, 15) is 19.5 Å². The molecule has 4 heteroatoms. The van der Waals surface area contributed by atoms with Crippen LogP contribution in [0.2, 0.25) is 0 Å². The number of Topliss-reactive ketones (excluding diaryl/α,β-unsaturated/α-hetero) is 3. The van der Waals surface area contributed by atoms with E-state index < -0.39 is 22.5 Å². The summed E-state index contributed by atoms with van der Waals surface area (Å²) in [5.74, 6) is -1.18. The second kappa shape index (κ2) is 6.65. The molecular weight excluding hydrogens is 364 g/mol. The Morgan fingerprint density at radius 1 is 1.14 bits per heavy atom. The number of fused-ring (bicyclic) bond motifs is 1. The second-order valence-electron chi connectivity index (χ2n) is 11.1. The van der Waals surface area contributed by atoms with E-state index in [2.05, 4.69) is 27.7 Å². The van der Waals surface area contributed by atoms with Gasteiger partial charge in [-0.2, -0.15) is 0 Å². The lowest BCUT2D eigenvalue weighted by Crippen LogP contribution is -2.50. The van der Waals surface area contributed by atoms with Crippen molar-refractivity contribution < 1.29 is 19.5 Å². The van der Waals surface area contributed by atoms with Crippen LogP contribution in [-0.4, -0.2) is 22.5 Å². The average molecular weight is 401 g/mol. The van der Waals surface area contributed by atoms with Crippen molar-refractivity contribution in [3.63, 3.8) is 0 Å². The molecule has 3 aliphatic rings. The van der Waals surface area contributed by atoms with Crippen molar-refractivity contribution in [1.82, 2.24) is 0 Å². The van der Waals surface area contributed by atoms with Crippen LogP contribution in [0, 0.1) is 39.9 Å². The van der Waals surface area contributed by atoms with E-state index in [1.54, 1.807) is 13.8 Å². The maximum Gasteiger partial charge on any atom is 0.183 e. The lowest BCUT2D eigenvalue weighted by atomic mass is 9.62.